The molecule has 0 aliphatic heterocycles. The zero-order chi connectivity index (χ0) is 21.3. The van der Waals surface area contributed by atoms with Gasteiger partial charge in [0.2, 0.25) is 0 Å². The van der Waals surface area contributed by atoms with E-state index in [0.29, 0.717) is 0 Å². The third-order valence-corrected chi connectivity index (χ3v) is 5.73. The Balaban J connectivity index is 1.46. The van der Waals surface area contributed by atoms with Crippen molar-refractivity contribution in [3.05, 3.63) is 110 Å². The molecular weight excluding hydrogens is 392 g/mol. The van der Waals surface area contributed by atoms with Gasteiger partial charge in [-0.3, -0.25) is 0 Å². The van der Waals surface area contributed by atoms with E-state index in [0.717, 1.165) is 33.9 Å². The van der Waals surface area contributed by atoms with E-state index in [2.05, 4.69) is 92.7 Å². The smallest absolute Gasteiger partial charge is 0.116 e. The van der Waals surface area contributed by atoms with Crippen LogP contribution in [0.15, 0.2) is 110 Å². The van der Waals surface area contributed by atoms with Crippen LogP contribution in [0, 0.1) is 0 Å². The van der Waals surface area contributed by atoms with Crippen molar-refractivity contribution in [3.8, 4) is 33.9 Å². The molecule has 4 nitrogen and oxygen atoms in total. The predicted octanol–water partition coefficient (Wildman–Crippen LogP) is 6.57. The number of benzene rings is 4. The molecule has 0 saturated heterocycles. The predicted molar refractivity (Wildman–Crippen MR) is 129 cm³/mol. The number of hydrogen-bond donors (Lipinski definition) is 0. The highest BCUT2D eigenvalue weighted by Gasteiger charge is 2.11. The number of aromatic nitrogens is 4. The molecule has 0 aliphatic rings. The van der Waals surface area contributed by atoms with Gasteiger partial charge in [0.05, 0.1) is 22.8 Å². The van der Waals surface area contributed by atoms with Crippen LogP contribution in [0.5, 0.6) is 0 Å². The van der Waals surface area contributed by atoms with E-state index >= 15 is 0 Å². The summed E-state index contributed by atoms with van der Waals surface area (Å²) in [5.74, 6) is 0. The molecule has 0 bridgehead atoms. The normalized spacial score (nSPS) is 11.1. The summed E-state index contributed by atoms with van der Waals surface area (Å²) in [6, 6.07) is 33.2. The Morgan fingerprint density at radius 2 is 0.781 bits per heavy atom. The zero-order valence-electron chi connectivity index (χ0n) is 17.2. The fourth-order valence-electron chi connectivity index (χ4n) is 4.19. The van der Waals surface area contributed by atoms with Gasteiger partial charge in [-0.1, -0.05) is 84.9 Å². The molecule has 6 rings (SSSR count). The van der Waals surface area contributed by atoms with E-state index in [-0.39, 0.29) is 0 Å². The molecule has 2 heterocycles. The number of hydrogen-bond acceptors (Lipinski definition) is 4. The Kier molecular flexibility index (Phi) is 4.40. The van der Waals surface area contributed by atoms with Crippen LogP contribution in [0.25, 0.3) is 55.4 Å². The lowest BCUT2D eigenvalue weighted by molar-refractivity contribution is 1.13. The molecule has 0 fully saturated rings. The molecule has 0 amide bonds. The van der Waals surface area contributed by atoms with Crippen LogP contribution in [-0.2, 0) is 0 Å². The average molecular weight is 410 g/mol. The Morgan fingerprint density at radius 1 is 0.375 bits per heavy atom. The van der Waals surface area contributed by atoms with Gasteiger partial charge in [-0.25, -0.2) is 19.9 Å². The number of rotatable bonds is 3. The molecule has 0 spiro atoms. The lowest BCUT2D eigenvalue weighted by Gasteiger charge is -2.09. The first-order valence-electron chi connectivity index (χ1n) is 10.5. The molecule has 0 saturated carbocycles. The molecule has 4 aromatic carbocycles. The minimum Gasteiger partial charge on any atom is -0.236 e. The first kappa shape index (κ1) is 18.3. The molecule has 0 radical (unpaired) electrons. The highest BCUT2D eigenvalue weighted by atomic mass is 14.9. The molecule has 150 valence electrons. The molecule has 6 aromatic rings. The molecule has 0 aliphatic carbocycles. The summed E-state index contributed by atoms with van der Waals surface area (Å²) in [7, 11) is 0. The quantitative estimate of drug-likeness (QED) is 0.331. The summed E-state index contributed by atoms with van der Waals surface area (Å²) in [5, 5.41) is 4.70. The van der Waals surface area contributed by atoms with Crippen LogP contribution in [0.2, 0.25) is 0 Å². The summed E-state index contributed by atoms with van der Waals surface area (Å²) in [6.07, 6.45) is 3.21. The van der Waals surface area contributed by atoms with E-state index in [1.807, 2.05) is 24.3 Å². The summed E-state index contributed by atoms with van der Waals surface area (Å²) in [5.41, 5.74) is 5.44. The summed E-state index contributed by atoms with van der Waals surface area (Å²) < 4.78 is 0. The highest BCUT2D eigenvalue weighted by Crippen LogP contribution is 2.31. The molecule has 4 heteroatoms. The van der Waals surface area contributed by atoms with Crippen molar-refractivity contribution in [1.82, 2.24) is 19.9 Å². The molecule has 32 heavy (non-hydrogen) atoms. The van der Waals surface area contributed by atoms with Gasteiger partial charge in [0, 0.05) is 11.1 Å². The lowest BCUT2D eigenvalue weighted by atomic mass is 10.0. The first-order chi connectivity index (χ1) is 15.9. The number of fused-ring (bicyclic) bond motifs is 2. The highest BCUT2D eigenvalue weighted by molar-refractivity contribution is 5.97. The summed E-state index contributed by atoms with van der Waals surface area (Å²) in [4.78, 5) is 18.1. The third-order valence-electron chi connectivity index (χ3n) is 5.73. The minimum absolute atomic E-state index is 0.770. The molecule has 0 atom stereocenters. The fraction of sp³-hybridized carbons (Fsp3) is 0. The zero-order valence-corrected chi connectivity index (χ0v) is 17.2. The molecule has 2 aromatic heterocycles. The van der Waals surface area contributed by atoms with Crippen LogP contribution < -0.4 is 0 Å². The maximum absolute atomic E-state index is 4.55. The second-order valence-electron chi connectivity index (χ2n) is 7.63. The van der Waals surface area contributed by atoms with Crippen molar-refractivity contribution in [2.75, 3.05) is 0 Å². The third kappa shape index (κ3) is 3.19. The van der Waals surface area contributed by atoms with Gasteiger partial charge in [0.15, 0.2) is 0 Å². The monoisotopic (exact) mass is 410 g/mol. The molecule has 0 N–H and O–H groups in total. The van der Waals surface area contributed by atoms with E-state index in [1.54, 1.807) is 12.7 Å². The Morgan fingerprint density at radius 3 is 1.28 bits per heavy atom. The van der Waals surface area contributed by atoms with E-state index in [9.17, 15) is 0 Å². The topological polar surface area (TPSA) is 51.6 Å². The maximum atomic E-state index is 4.55. The minimum atomic E-state index is 0.770. The van der Waals surface area contributed by atoms with E-state index in [4.69, 9.17) is 0 Å². The molecular formula is C28H18N4. The lowest BCUT2D eigenvalue weighted by Crippen LogP contribution is -1.94. The molecule has 0 unspecified atom stereocenters. The van der Waals surface area contributed by atoms with Gasteiger partial charge < -0.3 is 0 Å². The van der Waals surface area contributed by atoms with E-state index < -0.39 is 0 Å². The van der Waals surface area contributed by atoms with Gasteiger partial charge >= 0.3 is 0 Å². The maximum Gasteiger partial charge on any atom is 0.116 e. The largest absolute Gasteiger partial charge is 0.236 e. The summed E-state index contributed by atoms with van der Waals surface area (Å²) >= 11 is 0. The van der Waals surface area contributed by atoms with Crippen molar-refractivity contribution in [1.29, 1.82) is 0 Å². The van der Waals surface area contributed by atoms with Crippen molar-refractivity contribution in [3.63, 3.8) is 0 Å². The van der Waals surface area contributed by atoms with Crippen molar-refractivity contribution < 1.29 is 0 Å². The van der Waals surface area contributed by atoms with Crippen LogP contribution >= 0.6 is 0 Å². The SMILES string of the molecule is c1ccc2c(-c3cc(-c4cc(-c5cccc6ccccc56)ncn4)ncn3)cccc2c1. The van der Waals surface area contributed by atoms with Gasteiger partial charge in [0.25, 0.3) is 0 Å². The van der Waals surface area contributed by atoms with Gasteiger partial charge in [-0.2, -0.15) is 0 Å². The van der Waals surface area contributed by atoms with Crippen LogP contribution in [0.4, 0.5) is 0 Å². The van der Waals surface area contributed by atoms with Crippen LogP contribution in [-0.4, -0.2) is 19.9 Å². The number of nitrogens with zero attached hydrogens (tertiary/aromatic N) is 4. The average Bonchev–Trinajstić information content (AvgIpc) is 2.88. The van der Waals surface area contributed by atoms with E-state index in [1.165, 1.54) is 21.5 Å². The van der Waals surface area contributed by atoms with Gasteiger partial charge in [-0.05, 0) is 33.7 Å². The van der Waals surface area contributed by atoms with Crippen molar-refractivity contribution in [2.24, 2.45) is 0 Å². The summed E-state index contributed by atoms with van der Waals surface area (Å²) in [6.45, 7) is 0. The first-order valence-corrected chi connectivity index (χ1v) is 10.5. The Hall–Kier alpha value is -4.44. The van der Waals surface area contributed by atoms with Crippen LogP contribution in [0.1, 0.15) is 0 Å². The van der Waals surface area contributed by atoms with Gasteiger partial charge in [0.1, 0.15) is 12.7 Å². The van der Waals surface area contributed by atoms with Crippen LogP contribution in [0.3, 0.4) is 0 Å². The Labute approximate surface area is 185 Å². The second-order valence-corrected chi connectivity index (χ2v) is 7.63. The second kappa shape index (κ2) is 7.67. The fourth-order valence-corrected chi connectivity index (χ4v) is 4.19. The Bertz CT molecular complexity index is 1460. The standard InChI is InChI=1S/C28H18N4/c1-3-11-21-19(7-1)9-5-13-23(21)25-15-27(31-17-29-25)28-16-26(30-18-32-28)24-14-6-10-20-8-2-4-12-22(20)24/h1-18H. The van der Waals surface area contributed by atoms with Crippen molar-refractivity contribution >= 4 is 21.5 Å². The van der Waals surface area contributed by atoms with Crippen molar-refractivity contribution in [2.45, 2.75) is 0 Å². The van der Waals surface area contributed by atoms with Gasteiger partial charge in [-0.15, -0.1) is 0 Å².